The average molecular weight is 512 g/mol. The van der Waals surface area contributed by atoms with E-state index in [1.807, 2.05) is 0 Å². The Morgan fingerprint density at radius 3 is 2.42 bits per heavy atom. The van der Waals surface area contributed by atoms with Crippen molar-refractivity contribution in [2.75, 3.05) is 23.9 Å². The molecule has 1 saturated heterocycles. The molecular weight excluding hydrogens is 490 g/mol. The fourth-order valence-electron chi connectivity index (χ4n) is 4.39. The topological polar surface area (TPSA) is 154 Å². The number of carbonyl (C=O) groups excluding carboxylic acids is 2. The summed E-state index contributed by atoms with van der Waals surface area (Å²) in [5.74, 6) is -1.06. The van der Waals surface area contributed by atoms with E-state index < -0.39 is 26.6 Å². The Hall–Kier alpha value is -4.26. The van der Waals surface area contributed by atoms with Crippen LogP contribution in [0.15, 0.2) is 48.5 Å². The highest BCUT2D eigenvalue weighted by Crippen LogP contribution is 2.34. The van der Waals surface area contributed by atoms with Crippen LogP contribution >= 0.6 is 0 Å². The molecule has 0 aliphatic carbocycles. The molecule has 0 bridgehead atoms. The number of nitrogens with zero attached hydrogens (tertiary/aromatic N) is 4. The second kappa shape index (κ2) is 8.75. The zero-order valence-electron chi connectivity index (χ0n) is 19.1. The van der Waals surface area contributed by atoms with Gasteiger partial charge in [-0.1, -0.05) is 0 Å². The number of carbonyl (C=O) groups is 2. The van der Waals surface area contributed by atoms with Gasteiger partial charge >= 0.3 is 0 Å². The number of nitrogens with one attached hydrogen (secondary N) is 1. The molecule has 3 heterocycles. The van der Waals surface area contributed by atoms with Gasteiger partial charge in [-0.05, 0) is 36.4 Å². The third-order valence-corrected chi connectivity index (χ3v) is 7.66. The molecule has 2 amide bonds. The minimum Gasteiger partial charge on any atom is -0.497 e. The zero-order chi connectivity index (χ0) is 25.6. The van der Waals surface area contributed by atoms with Crippen LogP contribution < -0.4 is 15.0 Å². The third kappa shape index (κ3) is 4.28. The van der Waals surface area contributed by atoms with Crippen molar-refractivity contribution in [2.24, 2.45) is 5.92 Å². The molecule has 0 radical (unpaired) electrons. The van der Waals surface area contributed by atoms with Gasteiger partial charge in [-0.15, -0.1) is 0 Å². The summed E-state index contributed by atoms with van der Waals surface area (Å²) < 4.78 is 30.9. The standard InChI is InChI=1S/C23H21N5O7S/c1-35-18-8-6-15(7-9-18)26-11-14(10-21(26)29)23(30)24-22-19-12-36(33,34)13-20(19)25-27(22)16-2-4-17(5-3-16)28(31)32/h2-9,14H,10-13H2,1H3,(H,24,30). The molecule has 1 N–H and O–H groups in total. The summed E-state index contributed by atoms with van der Waals surface area (Å²) in [5, 5.41) is 18.2. The fraction of sp³-hybridized carbons (Fsp3) is 0.261. The van der Waals surface area contributed by atoms with Crippen LogP contribution in [0.1, 0.15) is 17.7 Å². The molecule has 1 aromatic heterocycles. The van der Waals surface area contributed by atoms with E-state index in [1.165, 1.54) is 33.8 Å². The summed E-state index contributed by atoms with van der Waals surface area (Å²) >= 11 is 0. The lowest BCUT2D eigenvalue weighted by atomic mass is 10.1. The molecule has 0 saturated carbocycles. The van der Waals surface area contributed by atoms with Crippen LogP contribution in [0.4, 0.5) is 17.2 Å². The van der Waals surface area contributed by atoms with Gasteiger partial charge < -0.3 is 15.0 Å². The molecular formula is C23H21N5O7S. The van der Waals surface area contributed by atoms with Gasteiger partial charge in [-0.2, -0.15) is 5.10 Å². The predicted octanol–water partition coefficient (Wildman–Crippen LogP) is 2.21. The number of rotatable bonds is 6. The molecule has 12 nitrogen and oxygen atoms in total. The number of nitro benzene ring substituents is 1. The maximum atomic E-state index is 13.2. The molecule has 1 atom stereocenters. The number of hydrogen-bond donors (Lipinski definition) is 1. The van der Waals surface area contributed by atoms with E-state index in [0.29, 0.717) is 28.4 Å². The minimum atomic E-state index is -3.40. The number of anilines is 2. The quantitative estimate of drug-likeness (QED) is 0.390. The Labute approximate surface area is 205 Å². The van der Waals surface area contributed by atoms with Crippen molar-refractivity contribution in [3.05, 3.63) is 69.9 Å². The first kappa shape index (κ1) is 23.5. The first-order chi connectivity index (χ1) is 17.1. The summed E-state index contributed by atoms with van der Waals surface area (Å²) in [6.45, 7) is 0.156. The normalized spacial score (nSPS) is 18.2. The van der Waals surface area contributed by atoms with Gasteiger partial charge in [0, 0.05) is 36.3 Å². The molecule has 1 fully saturated rings. The number of fused-ring (bicyclic) bond motifs is 1. The molecule has 2 aliphatic rings. The van der Waals surface area contributed by atoms with Crippen LogP contribution in [0.5, 0.6) is 5.75 Å². The van der Waals surface area contributed by atoms with Crippen molar-refractivity contribution < 1.29 is 27.7 Å². The molecule has 3 aromatic rings. The summed E-state index contributed by atoms with van der Waals surface area (Å²) in [6.07, 6.45) is -0.00990. The van der Waals surface area contributed by atoms with E-state index in [2.05, 4.69) is 10.4 Å². The second-order valence-corrected chi connectivity index (χ2v) is 10.6. The Balaban J connectivity index is 1.41. The molecule has 13 heteroatoms. The minimum absolute atomic E-state index is 0.00990. The molecule has 36 heavy (non-hydrogen) atoms. The van der Waals surface area contributed by atoms with Crippen LogP contribution in [-0.2, 0) is 30.9 Å². The van der Waals surface area contributed by atoms with Crippen molar-refractivity contribution in [1.29, 1.82) is 0 Å². The molecule has 2 aliphatic heterocycles. The van der Waals surface area contributed by atoms with Crippen LogP contribution in [0, 0.1) is 16.0 Å². The number of methoxy groups -OCH3 is 1. The van der Waals surface area contributed by atoms with Crippen LogP contribution in [0.3, 0.4) is 0 Å². The Kier molecular flexibility index (Phi) is 5.71. The highest BCUT2D eigenvalue weighted by atomic mass is 32.2. The Morgan fingerprint density at radius 1 is 1.11 bits per heavy atom. The van der Waals surface area contributed by atoms with Crippen molar-refractivity contribution in [3.8, 4) is 11.4 Å². The van der Waals surface area contributed by atoms with E-state index in [-0.39, 0.29) is 41.9 Å². The number of benzene rings is 2. The first-order valence-electron chi connectivity index (χ1n) is 11.0. The van der Waals surface area contributed by atoms with Crippen molar-refractivity contribution >= 4 is 38.8 Å². The second-order valence-electron chi connectivity index (χ2n) is 8.58. The van der Waals surface area contributed by atoms with E-state index in [0.717, 1.165) is 0 Å². The summed E-state index contributed by atoms with van der Waals surface area (Å²) in [7, 11) is -1.86. The monoisotopic (exact) mass is 511 g/mol. The van der Waals surface area contributed by atoms with Gasteiger partial charge in [-0.25, -0.2) is 13.1 Å². The van der Waals surface area contributed by atoms with Gasteiger partial charge in [0.05, 0.1) is 40.8 Å². The van der Waals surface area contributed by atoms with Crippen molar-refractivity contribution in [2.45, 2.75) is 17.9 Å². The van der Waals surface area contributed by atoms with E-state index in [1.54, 1.807) is 31.4 Å². The highest BCUT2D eigenvalue weighted by Gasteiger charge is 2.38. The number of amides is 2. The van der Waals surface area contributed by atoms with Crippen LogP contribution in [0.2, 0.25) is 0 Å². The maximum absolute atomic E-state index is 13.2. The number of aromatic nitrogens is 2. The van der Waals surface area contributed by atoms with Gasteiger partial charge in [0.25, 0.3) is 5.69 Å². The summed E-state index contributed by atoms with van der Waals surface area (Å²) in [6, 6.07) is 12.4. The number of ether oxygens (including phenoxy) is 1. The van der Waals surface area contributed by atoms with Gasteiger partial charge in [0.2, 0.25) is 11.8 Å². The average Bonchev–Trinajstić information content (AvgIpc) is 3.49. The zero-order valence-corrected chi connectivity index (χ0v) is 19.9. The number of sulfone groups is 1. The highest BCUT2D eigenvalue weighted by molar-refractivity contribution is 7.90. The summed E-state index contributed by atoms with van der Waals surface area (Å²) in [5.41, 5.74) is 1.63. The third-order valence-electron chi connectivity index (χ3n) is 6.21. The largest absolute Gasteiger partial charge is 0.497 e. The molecule has 5 rings (SSSR count). The van der Waals surface area contributed by atoms with E-state index in [9.17, 15) is 28.1 Å². The lowest BCUT2D eigenvalue weighted by Crippen LogP contribution is -2.29. The smallest absolute Gasteiger partial charge is 0.269 e. The SMILES string of the molecule is COc1ccc(N2CC(C(=O)Nc3c4c(nn3-c3ccc([N+](=O)[O-])cc3)CS(=O)(=O)C4)CC2=O)cc1. The number of non-ortho nitro benzene ring substituents is 1. The van der Waals surface area contributed by atoms with Gasteiger partial charge in [0.15, 0.2) is 9.84 Å². The summed E-state index contributed by atoms with van der Waals surface area (Å²) in [4.78, 5) is 37.9. The molecule has 0 spiro atoms. The Bertz CT molecular complexity index is 1480. The van der Waals surface area contributed by atoms with Crippen LogP contribution in [-0.4, -0.2) is 48.6 Å². The maximum Gasteiger partial charge on any atom is 0.269 e. The lowest BCUT2D eigenvalue weighted by Gasteiger charge is -2.17. The predicted molar refractivity (Wildman–Crippen MR) is 129 cm³/mol. The van der Waals surface area contributed by atoms with E-state index in [4.69, 9.17) is 4.74 Å². The fourth-order valence-corrected chi connectivity index (χ4v) is 5.88. The van der Waals surface area contributed by atoms with Gasteiger partial charge in [0.1, 0.15) is 11.6 Å². The lowest BCUT2D eigenvalue weighted by molar-refractivity contribution is -0.384. The van der Waals surface area contributed by atoms with E-state index >= 15 is 0 Å². The number of hydrogen-bond acceptors (Lipinski definition) is 8. The Morgan fingerprint density at radius 2 is 1.78 bits per heavy atom. The van der Waals surface area contributed by atoms with Crippen molar-refractivity contribution in [3.63, 3.8) is 0 Å². The first-order valence-corrected chi connectivity index (χ1v) is 12.8. The number of nitro groups is 1. The molecule has 2 aromatic carbocycles. The van der Waals surface area contributed by atoms with Gasteiger partial charge in [-0.3, -0.25) is 19.7 Å². The van der Waals surface area contributed by atoms with Crippen molar-refractivity contribution in [1.82, 2.24) is 9.78 Å². The molecule has 1 unspecified atom stereocenters. The van der Waals surface area contributed by atoms with Crippen LogP contribution in [0.25, 0.3) is 5.69 Å². The molecule has 186 valence electrons.